The Morgan fingerprint density at radius 3 is 2.57 bits per heavy atom. The van der Waals surface area contributed by atoms with E-state index in [1.807, 2.05) is 0 Å². The Balaban J connectivity index is 2.17. The second-order valence-corrected chi connectivity index (χ2v) is 5.66. The normalized spacial score (nSPS) is 15.3. The molecule has 0 aromatic carbocycles. The standard InChI is InChI=1S/C14H20F3N3O/c1-9(2)20(8-14(15,16)17)12-6-5-11(18)13(19-12)21-7-10-3-4-10/h5-6,9-10H,3-4,7-8,18H2,1-2H3. The lowest BCUT2D eigenvalue weighted by atomic mass is 10.3. The number of aromatic nitrogens is 1. The zero-order valence-corrected chi connectivity index (χ0v) is 12.2. The lowest BCUT2D eigenvalue weighted by molar-refractivity contribution is -0.120. The van der Waals surface area contributed by atoms with Gasteiger partial charge >= 0.3 is 6.18 Å². The van der Waals surface area contributed by atoms with Crippen LogP contribution in [0, 0.1) is 5.92 Å². The number of nitrogens with two attached hydrogens (primary N) is 1. The van der Waals surface area contributed by atoms with Crippen molar-refractivity contribution >= 4 is 11.5 Å². The topological polar surface area (TPSA) is 51.4 Å². The fourth-order valence-corrected chi connectivity index (χ4v) is 1.92. The minimum Gasteiger partial charge on any atom is -0.476 e. The van der Waals surface area contributed by atoms with Gasteiger partial charge in [0.2, 0.25) is 5.88 Å². The van der Waals surface area contributed by atoms with Crippen LogP contribution in [-0.2, 0) is 0 Å². The smallest absolute Gasteiger partial charge is 0.405 e. The van der Waals surface area contributed by atoms with E-state index >= 15 is 0 Å². The van der Waals surface area contributed by atoms with Gasteiger partial charge < -0.3 is 15.4 Å². The number of rotatable bonds is 6. The third-order valence-electron chi connectivity index (χ3n) is 3.29. The number of ether oxygens (including phenoxy) is 1. The van der Waals surface area contributed by atoms with E-state index in [-0.39, 0.29) is 17.7 Å². The Labute approximate surface area is 122 Å². The second-order valence-electron chi connectivity index (χ2n) is 5.66. The molecule has 1 fully saturated rings. The van der Waals surface area contributed by atoms with Crippen LogP contribution < -0.4 is 15.4 Å². The minimum absolute atomic E-state index is 0.215. The molecule has 1 aliphatic carbocycles. The third-order valence-corrected chi connectivity index (χ3v) is 3.29. The molecule has 1 heterocycles. The molecule has 0 aliphatic heterocycles. The van der Waals surface area contributed by atoms with Crippen LogP contribution in [0.15, 0.2) is 12.1 Å². The van der Waals surface area contributed by atoms with E-state index in [1.165, 1.54) is 17.0 Å². The zero-order chi connectivity index (χ0) is 15.6. The predicted molar refractivity (Wildman–Crippen MR) is 75.4 cm³/mol. The Hall–Kier alpha value is -1.66. The Bertz CT molecular complexity index is 487. The maximum Gasteiger partial charge on any atom is 0.405 e. The second kappa shape index (κ2) is 5.99. The van der Waals surface area contributed by atoms with E-state index in [0.29, 0.717) is 18.2 Å². The summed E-state index contributed by atoms with van der Waals surface area (Å²) < 4.78 is 43.5. The Morgan fingerprint density at radius 1 is 1.38 bits per heavy atom. The molecule has 1 saturated carbocycles. The summed E-state index contributed by atoms with van der Waals surface area (Å²) in [4.78, 5) is 5.34. The lowest BCUT2D eigenvalue weighted by Gasteiger charge is -2.29. The van der Waals surface area contributed by atoms with E-state index < -0.39 is 12.7 Å². The van der Waals surface area contributed by atoms with Crippen LogP contribution in [0.2, 0.25) is 0 Å². The summed E-state index contributed by atoms with van der Waals surface area (Å²) in [6.45, 7) is 2.84. The summed E-state index contributed by atoms with van der Waals surface area (Å²) in [6, 6.07) is 2.69. The van der Waals surface area contributed by atoms with Gasteiger partial charge in [0.05, 0.1) is 12.3 Å². The number of pyridine rings is 1. The van der Waals surface area contributed by atoms with Crippen molar-refractivity contribution in [3.8, 4) is 5.88 Å². The molecule has 0 amide bonds. The highest BCUT2D eigenvalue weighted by Gasteiger charge is 2.33. The van der Waals surface area contributed by atoms with Crippen LogP contribution in [0.3, 0.4) is 0 Å². The van der Waals surface area contributed by atoms with E-state index in [1.54, 1.807) is 13.8 Å². The number of anilines is 2. The van der Waals surface area contributed by atoms with Gasteiger partial charge in [-0.05, 0) is 44.7 Å². The summed E-state index contributed by atoms with van der Waals surface area (Å²) in [5.74, 6) is 0.959. The largest absolute Gasteiger partial charge is 0.476 e. The first-order valence-electron chi connectivity index (χ1n) is 6.99. The maximum atomic E-state index is 12.7. The van der Waals surface area contributed by atoms with Gasteiger partial charge in [-0.25, -0.2) is 0 Å². The van der Waals surface area contributed by atoms with Gasteiger partial charge in [-0.3, -0.25) is 0 Å². The van der Waals surface area contributed by atoms with Crippen molar-refractivity contribution in [1.82, 2.24) is 4.98 Å². The molecular formula is C14H20F3N3O. The molecule has 0 radical (unpaired) electrons. The van der Waals surface area contributed by atoms with Crippen LogP contribution >= 0.6 is 0 Å². The third kappa shape index (κ3) is 4.68. The van der Waals surface area contributed by atoms with Crippen molar-refractivity contribution in [2.24, 2.45) is 5.92 Å². The van der Waals surface area contributed by atoms with Crippen molar-refractivity contribution in [3.05, 3.63) is 12.1 Å². The van der Waals surface area contributed by atoms with E-state index in [0.717, 1.165) is 12.8 Å². The average Bonchev–Trinajstić information content (AvgIpc) is 3.18. The quantitative estimate of drug-likeness (QED) is 0.876. The number of nitrogens with zero attached hydrogens (tertiary/aromatic N) is 2. The average molecular weight is 303 g/mol. The van der Waals surface area contributed by atoms with Crippen LogP contribution in [-0.4, -0.2) is 30.4 Å². The van der Waals surface area contributed by atoms with Gasteiger partial charge in [0, 0.05) is 6.04 Å². The van der Waals surface area contributed by atoms with Gasteiger partial charge in [-0.15, -0.1) is 0 Å². The first-order valence-corrected chi connectivity index (χ1v) is 6.99. The first kappa shape index (κ1) is 15.7. The van der Waals surface area contributed by atoms with Crippen molar-refractivity contribution in [1.29, 1.82) is 0 Å². The molecule has 4 nitrogen and oxygen atoms in total. The molecule has 1 aliphatic rings. The molecule has 21 heavy (non-hydrogen) atoms. The zero-order valence-electron chi connectivity index (χ0n) is 12.2. The van der Waals surface area contributed by atoms with Gasteiger partial charge in [-0.1, -0.05) is 0 Å². The fourth-order valence-electron chi connectivity index (χ4n) is 1.92. The molecule has 0 bridgehead atoms. The SMILES string of the molecule is CC(C)N(CC(F)(F)F)c1ccc(N)c(OCC2CC2)n1. The molecule has 1 aromatic rings. The van der Waals surface area contributed by atoms with Gasteiger partial charge in [-0.2, -0.15) is 18.2 Å². The number of hydrogen-bond donors (Lipinski definition) is 1. The van der Waals surface area contributed by atoms with Crippen LogP contribution in [0.25, 0.3) is 0 Å². The highest BCUT2D eigenvalue weighted by molar-refractivity contribution is 5.55. The summed E-state index contributed by atoms with van der Waals surface area (Å²) in [5.41, 5.74) is 6.11. The Kier molecular flexibility index (Phi) is 4.49. The number of nitrogen functional groups attached to an aromatic ring is 1. The molecule has 1 aromatic heterocycles. The molecule has 2 rings (SSSR count). The summed E-state index contributed by atoms with van der Waals surface area (Å²) >= 11 is 0. The van der Waals surface area contributed by atoms with Crippen LogP contribution in [0.1, 0.15) is 26.7 Å². The van der Waals surface area contributed by atoms with E-state index in [2.05, 4.69) is 4.98 Å². The number of alkyl halides is 3. The van der Waals surface area contributed by atoms with Crippen molar-refractivity contribution < 1.29 is 17.9 Å². The molecule has 7 heteroatoms. The summed E-state index contributed by atoms with van der Waals surface area (Å²) in [6.07, 6.45) is -2.06. The minimum atomic E-state index is -4.29. The molecule has 2 N–H and O–H groups in total. The van der Waals surface area contributed by atoms with Crippen molar-refractivity contribution in [2.45, 2.75) is 38.9 Å². The molecule has 0 saturated heterocycles. The fraction of sp³-hybridized carbons (Fsp3) is 0.643. The lowest BCUT2D eigenvalue weighted by Crippen LogP contribution is -2.39. The summed E-state index contributed by atoms with van der Waals surface area (Å²) in [5, 5.41) is 0. The van der Waals surface area contributed by atoms with Gasteiger partial charge in [0.1, 0.15) is 12.4 Å². The molecule has 0 spiro atoms. The number of hydrogen-bond acceptors (Lipinski definition) is 4. The predicted octanol–water partition coefficient (Wildman–Crippen LogP) is 3.23. The van der Waals surface area contributed by atoms with Gasteiger partial charge in [0.15, 0.2) is 0 Å². The molecule has 0 atom stereocenters. The first-order chi connectivity index (χ1) is 9.76. The van der Waals surface area contributed by atoms with Crippen LogP contribution in [0.5, 0.6) is 5.88 Å². The van der Waals surface area contributed by atoms with Crippen molar-refractivity contribution in [2.75, 3.05) is 23.8 Å². The highest BCUT2D eigenvalue weighted by atomic mass is 19.4. The monoisotopic (exact) mass is 303 g/mol. The highest BCUT2D eigenvalue weighted by Crippen LogP contribution is 2.32. The van der Waals surface area contributed by atoms with Gasteiger partial charge in [0.25, 0.3) is 0 Å². The molecule has 118 valence electrons. The Morgan fingerprint density at radius 2 is 2.05 bits per heavy atom. The van der Waals surface area contributed by atoms with E-state index in [9.17, 15) is 13.2 Å². The van der Waals surface area contributed by atoms with Crippen molar-refractivity contribution in [3.63, 3.8) is 0 Å². The number of halogens is 3. The van der Waals surface area contributed by atoms with E-state index in [4.69, 9.17) is 10.5 Å². The molecular weight excluding hydrogens is 283 g/mol. The summed E-state index contributed by atoms with van der Waals surface area (Å²) in [7, 11) is 0. The maximum absolute atomic E-state index is 12.7. The van der Waals surface area contributed by atoms with Crippen LogP contribution in [0.4, 0.5) is 24.7 Å². The molecule has 0 unspecified atom stereocenters.